The molecule has 1 aliphatic heterocycles. The summed E-state index contributed by atoms with van der Waals surface area (Å²) in [4.78, 5) is 16.0. The largest absolute Gasteiger partial charge is 0.371 e. The SMILES string of the molecule is CC(C)NC(=O)c1sc2ccccc2c1[C@H]1CN(Cc2ccnn2C)CCO1. The van der Waals surface area contributed by atoms with Crippen molar-refractivity contribution in [2.24, 2.45) is 7.05 Å². The van der Waals surface area contributed by atoms with Gasteiger partial charge in [-0.05, 0) is 31.4 Å². The van der Waals surface area contributed by atoms with Crippen LogP contribution in [0.1, 0.15) is 40.9 Å². The van der Waals surface area contributed by atoms with E-state index in [-0.39, 0.29) is 18.1 Å². The van der Waals surface area contributed by atoms with Crippen molar-refractivity contribution in [2.75, 3.05) is 19.7 Å². The van der Waals surface area contributed by atoms with Gasteiger partial charge in [0.15, 0.2) is 0 Å². The molecule has 0 spiro atoms. The van der Waals surface area contributed by atoms with Crippen molar-refractivity contribution < 1.29 is 9.53 Å². The molecule has 1 fully saturated rings. The molecule has 7 heteroatoms. The van der Waals surface area contributed by atoms with E-state index in [2.05, 4.69) is 27.4 Å². The van der Waals surface area contributed by atoms with Crippen LogP contribution in [0.25, 0.3) is 10.1 Å². The first kappa shape index (κ1) is 19.1. The number of aromatic nitrogens is 2. The van der Waals surface area contributed by atoms with Gasteiger partial charge >= 0.3 is 0 Å². The Morgan fingerprint density at radius 2 is 2.18 bits per heavy atom. The number of nitrogens with zero attached hydrogens (tertiary/aromatic N) is 3. The van der Waals surface area contributed by atoms with Crippen LogP contribution >= 0.6 is 11.3 Å². The summed E-state index contributed by atoms with van der Waals surface area (Å²) in [6, 6.07) is 10.4. The minimum absolute atomic E-state index is 0.0152. The number of rotatable bonds is 5. The van der Waals surface area contributed by atoms with E-state index in [1.807, 2.05) is 50.0 Å². The molecule has 0 unspecified atom stereocenters. The molecule has 6 nitrogen and oxygen atoms in total. The van der Waals surface area contributed by atoms with Crippen LogP contribution in [0.15, 0.2) is 36.5 Å². The molecular formula is C21H26N4O2S. The summed E-state index contributed by atoms with van der Waals surface area (Å²) in [6.07, 6.45) is 1.71. The van der Waals surface area contributed by atoms with Crippen LogP contribution in [0, 0.1) is 0 Å². The third-order valence-electron chi connectivity index (χ3n) is 5.04. The summed E-state index contributed by atoms with van der Waals surface area (Å²) in [5.41, 5.74) is 2.20. The monoisotopic (exact) mass is 398 g/mol. The van der Waals surface area contributed by atoms with Gasteiger partial charge in [-0.2, -0.15) is 5.10 Å². The van der Waals surface area contributed by atoms with Crippen LogP contribution in [-0.4, -0.2) is 46.3 Å². The first-order chi connectivity index (χ1) is 13.5. The van der Waals surface area contributed by atoms with E-state index < -0.39 is 0 Å². The van der Waals surface area contributed by atoms with Crippen molar-refractivity contribution in [2.45, 2.75) is 32.5 Å². The van der Waals surface area contributed by atoms with E-state index in [4.69, 9.17) is 4.74 Å². The number of hydrogen-bond donors (Lipinski definition) is 1. The highest BCUT2D eigenvalue weighted by Gasteiger charge is 2.30. The minimum Gasteiger partial charge on any atom is -0.371 e. The summed E-state index contributed by atoms with van der Waals surface area (Å²) in [6.45, 7) is 7.07. The van der Waals surface area contributed by atoms with E-state index in [0.717, 1.165) is 40.2 Å². The quantitative estimate of drug-likeness (QED) is 0.716. The van der Waals surface area contributed by atoms with Gasteiger partial charge in [0, 0.05) is 49.2 Å². The van der Waals surface area contributed by atoms with Crippen molar-refractivity contribution in [1.29, 1.82) is 0 Å². The van der Waals surface area contributed by atoms with Crippen LogP contribution < -0.4 is 5.32 Å². The zero-order valence-electron chi connectivity index (χ0n) is 16.5. The number of carbonyl (C=O) groups is 1. The molecule has 148 valence electrons. The topological polar surface area (TPSA) is 59.4 Å². The average molecular weight is 399 g/mol. The standard InChI is InChI=1S/C21H26N4O2S/c1-14(2)23-21(26)20-19(16-6-4-5-7-18(16)28-20)17-13-25(10-11-27-17)12-15-8-9-22-24(15)3/h4-9,14,17H,10-13H2,1-3H3,(H,23,26)/t17-/m1/s1. The van der Waals surface area contributed by atoms with E-state index in [9.17, 15) is 4.79 Å². The molecule has 1 aliphatic rings. The van der Waals surface area contributed by atoms with Gasteiger partial charge in [-0.25, -0.2) is 0 Å². The Bertz CT molecular complexity index is 978. The Balaban J connectivity index is 1.65. The Morgan fingerprint density at radius 3 is 2.93 bits per heavy atom. The number of thiophene rings is 1. The number of amides is 1. The van der Waals surface area contributed by atoms with Gasteiger partial charge in [-0.3, -0.25) is 14.4 Å². The number of carbonyl (C=O) groups excluding carboxylic acids is 1. The van der Waals surface area contributed by atoms with Crippen LogP contribution in [0.5, 0.6) is 0 Å². The molecule has 3 aromatic rings. The third kappa shape index (κ3) is 3.83. The number of fused-ring (bicyclic) bond motifs is 1. The maximum Gasteiger partial charge on any atom is 0.261 e. The highest BCUT2D eigenvalue weighted by Crippen LogP contribution is 2.38. The zero-order chi connectivity index (χ0) is 19.7. The number of hydrogen-bond acceptors (Lipinski definition) is 5. The maximum absolute atomic E-state index is 12.9. The van der Waals surface area contributed by atoms with Crippen LogP contribution in [-0.2, 0) is 18.3 Å². The van der Waals surface area contributed by atoms with Gasteiger partial charge in [0.05, 0.1) is 23.3 Å². The van der Waals surface area contributed by atoms with Crippen LogP contribution in [0.2, 0.25) is 0 Å². The Labute approximate surface area is 169 Å². The lowest BCUT2D eigenvalue weighted by atomic mass is 10.0. The van der Waals surface area contributed by atoms with Crippen LogP contribution in [0.4, 0.5) is 0 Å². The molecule has 0 bridgehead atoms. The summed E-state index contributed by atoms with van der Waals surface area (Å²) in [5, 5.41) is 8.43. The third-order valence-corrected chi connectivity index (χ3v) is 6.23. The molecule has 1 N–H and O–H groups in total. The van der Waals surface area contributed by atoms with Crippen molar-refractivity contribution >= 4 is 27.3 Å². The highest BCUT2D eigenvalue weighted by molar-refractivity contribution is 7.21. The first-order valence-electron chi connectivity index (χ1n) is 9.66. The second-order valence-electron chi connectivity index (χ2n) is 7.51. The first-order valence-corrected chi connectivity index (χ1v) is 10.5. The molecule has 1 aromatic carbocycles. The fraction of sp³-hybridized carbons (Fsp3) is 0.429. The molecule has 0 aliphatic carbocycles. The minimum atomic E-state index is -0.119. The molecule has 1 atom stereocenters. The average Bonchev–Trinajstić information content (AvgIpc) is 3.25. The second kappa shape index (κ2) is 8.03. The number of aryl methyl sites for hydroxylation is 1. The smallest absolute Gasteiger partial charge is 0.261 e. The highest BCUT2D eigenvalue weighted by atomic mass is 32.1. The number of morpholine rings is 1. The lowest BCUT2D eigenvalue weighted by Gasteiger charge is -2.33. The summed E-state index contributed by atoms with van der Waals surface area (Å²) in [7, 11) is 1.97. The molecule has 0 radical (unpaired) electrons. The van der Waals surface area contributed by atoms with Crippen molar-refractivity contribution in [3.8, 4) is 0 Å². The molecule has 2 aromatic heterocycles. The van der Waals surface area contributed by atoms with Gasteiger partial charge < -0.3 is 10.1 Å². The fourth-order valence-electron chi connectivity index (χ4n) is 3.69. The zero-order valence-corrected chi connectivity index (χ0v) is 17.3. The molecular weight excluding hydrogens is 372 g/mol. The van der Waals surface area contributed by atoms with Gasteiger partial charge in [0.2, 0.25) is 0 Å². The van der Waals surface area contributed by atoms with Gasteiger partial charge in [0.25, 0.3) is 5.91 Å². The lowest BCUT2D eigenvalue weighted by Crippen LogP contribution is -2.39. The predicted molar refractivity (Wildman–Crippen MR) is 112 cm³/mol. The van der Waals surface area contributed by atoms with Gasteiger partial charge in [-0.1, -0.05) is 18.2 Å². The van der Waals surface area contributed by atoms with Gasteiger partial charge in [-0.15, -0.1) is 11.3 Å². The van der Waals surface area contributed by atoms with Crippen molar-refractivity contribution in [3.05, 3.63) is 52.7 Å². The fourth-order valence-corrected chi connectivity index (χ4v) is 4.85. The Hall–Kier alpha value is -2.22. The molecule has 0 saturated carbocycles. The maximum atomic E-state index is 12.9. The predicted octanol–water partition coefficient (Wildman–Crippen LogP) is 3.35. The van der Waals surface area contributed by atoms with Crippen LogP contribution in [0.3, 0.4) is 0 Å². The molecule has 1 amide bonds. The van der Waals surface area contributed by atoms with Crippen molar-refractivity contribution in [1.82, 2.24) is 20.0 Å². The van der Waals surface area contributed by atoms with E-state index >= 15 is 0 Å². The lowest BCUT2D eigenvalue weighted by molar-refractivity contribution is -0.0329. The van der Waals surface area contributed by atoms with Gasteiger partial charge in [0.1, 0.15) is 0 Å². The van der Waals surface area contributed by atoms with E-state index in [0.29, 0.717) is 6.61 Å². The molecule has 3 heterocycles. The Kier molecular flexibility index (Phi) is 5.48. The second-order valence-corrected chi connectivity index (χ2v) is 8.56. The summed E-state index contributed by atoms with van der Waals surface area (Å²) in [5.74, 6) is -0.0152. The number of benzene rings is 1. The molecule has 4 rings (SSSR count). The molecule has 28 heavy (non-hydrogen) atoms. The summed E-state index contributed by atoms with van der Waals surface area (Å²) < 4.78 is 9.20. The molecule has 1 saturated heterocycles. The number of nitrogens with one attached hydrogen (secondary N) is 1. The summed E-state index contributed by atoms with van der Waals surface area (Å²) >= 11 is 1.55. The normalized spacial score (nSPS) is 18.1. The van der Waals surface area contributed by atoms with E-state index in [1.165, 1.54) is 5.69 Å². The van der Waals surface area contributed by atoms with E-state index in [1.54, 1.807) is 11.3 Å². The van der Waals surface area contributed by atoms with Crippen molar-refractivity contribution in [3.63, 3.8) is 0 Å². The Morgan fingerprint density at radius 1 is 1.36 bits per heavy atom. The number of ether oxygens (including phenoxy) is 1.